The van der Waals surface area contributed by atoms with Gasteiger partial charge in [-0.3, -0.25) is 0 Å². The lowest BCUT2D eigenvalue weighted by Gasteiger charge is -2.00. The largest absolute Gasteiger partial charge is 0.467 e. The lowest BCUT2D eigenvalue weighted by atomic mass is 10.2. The average Bonchev–Trinajstić information content (AvgIpc) is 3.37. The van der Waals surface area contributed by atoms with Crippen LogP contribution < -0.4 is 0 Å². The quantitative estimate of drug-likeness (QED) is 0.494. The maximum atomic E-state index is 5.31. The number of aromatic nitrogens is 6. The number of nitrogens with zero attached hydrogens (tertiary/aromatic N) is 6. The van der Waals surface area contributed by atoms with Crippen LogP contribution in [0, 0.1) is 0 Å². The molecule has 120 valence electrons. The Morgan fingerprint density at radius 2 is 2.00 bits per heavy atom. The molecule has 0 aliphatic rings. The Labute approximate surface area is 140 Å². The molecule has 3 aromatic heterocycles. The molecule has 0 spiro atoms. The van der Waals surface area contributed by atoms with Crippen molar-refractivity contribution in [1.29, 1.82) is 0 Å². The van der Waals surface area contributed by atoms with E-state index in [1.165, 1.54) is 11.8 Å². The van der Waals surface area contributed by atoms with Crippen LogP contribution >= 0.6 is 11.8 Å². The predicted molar refractivity (Wildman–Crippen MR) is 84.9 cm³/mol. The van der Waals surface area contributed by atoms with Crippen molar-refractivity contribution in [2.75, 3.05) is 0 Å². The van der Waals surface area contributed by atoms with Crippen molar-refractivity contribution >= 4 is 11.8 Å². The van der Waals surface area contributed by atoms with Crippen molar-refractivity contribution in [2.24, 2.45) is 0 Å². The number of tetrazole rings is 1. The van der Waals surface area contributed by atoms with Gasteiger partial charge in [-0.05, 0) is 34.7 Å². The molecule has 0 saturated heterocycles. The Hall–Kier alpha value is -2.94. The van der Waals surface area contributed by atoms with Crippen molar-refractivity contribution in [3.63, 3.8) is 0 Å². The van der Waals surface area contributed by atoms with Crippen molar-refractivity contribution in [3.8, 4) is 11.5 Å². The van der Waals surface area contributed by atoms with Crippen molar-refractivity contribution < 1.29 is 8.94 Å². The predicted octanol–water partition coefficient (Wildman–Crippen LogP) is 2.66. The van der Waals surface area contributed by atoms with Crippen LogP contribution in [-0.4, -0.2) is 30.3 Å². The van der Waals surface area contributed by atoms with E-state index < -0.39 is 0 Å². The zero-order valence-corrected chi connectivity index (χ0v) is 13.3. The van der Waals surface area contributed by atoms with Gasteiger partial charge in [0.2, 0.25) is 5.16 Å². The van der Waals surface area contributed by atoms with Gasteiger partial charge in [-0.15, -0.1) is 5.10 Å². The van der Waals surface area contributed by atoms with E-state index in [9.17, 15) is 0 Å². The minimum Gasteiger partial charge on any atom is -0.467 e. The van der Waals surface area contributed by atoms with Crippen molar-refractivity contribution in [3.05, 3.63) is 60.3 Å². The highest BCUT2D eigenvalue weighted by molar-refractivity contribution is 7.98. The van der Waals surface area contributed by atoms with E-state index in [2.05, 4.69) is 25.7 Å². The number of hydrogen-bond donors (Lipinski definition) is 0. The number of rotatable bonds is 6. The number of hydrogen-bond acceptors (Lipinski definition) is 8. The SMILES string of the molecule is c1ccc(-c2nc(CSc3nnnn3Cc3ccco3)no2)cc1. The Morgan fingerprint density at radius 3 is 2.83 bits per heavy atom. The Balaban J connectivity index is 1.43. The van der Waals surface area contributed by atoms with Gasteiger partial charge in [0.25, 0.3) is 5.89 Å². The second-order valence-electron chi connectivity index (χ2n) is 4.87. The summed E-state index contributed by atoms with van der Waals surface area (Å²) in [5, 5.41) is 16.3. The Kier molecular flexibility index (Phi) is 4.07. The molecular weight excluding hydrogens is 328 g/mol. The van der Waals surface area contributed by atoms with E-state index in [-0.39, 0.29) is 0 Å². The number of thioether (sulfide) groups is 1. The Morgan fingerprint density at radius 1 is 1.08 bits per heavy atom. The second kappa shape index (κ2) is 6.67. The van der Waals surface area contributed by atoms with Gasteiger partial charge in [0.1, 0.15) is 12.3 Å². The fraction of sp³-hybridized carbons (Fsp3) is 0.133. The minimum atomic E-state index is 0.476. The lowest BCUT2D eigenvalue weighted by molar-refractivity contribution is 0.425. The molecule has 8 nitrogen and oxygen atoms in total. The van der Waals surface area contributed by atoms with Crippen molar-refractivity contribution in [1.82, 2.24) is 30.3 Å². The third-order valence-electron chi connectivity index (χ3n) is 3.20. The molecule has 0 fully saturated rings. The summed E-state index contributed by atoms with van der Waals surface area (Å²) in [6.45, 7) is 0.476. The maximum Gasteiger partial charge on any atom is 0.257 e. The molecule has 0 radical (unpaired) electrons. The zero-order chi connectivity index (χ0) is 16.2. The fourth-order valence-electron chi connectivity index (χ4n) is 2.09. The maximum absolute atomic E-state index is 5.31. The normalized spacial score (nSPS) is 11.0. The Bertz CT molecular complexity index is 903. The van der Waals surface area contributed by atoms with Crippen LogP contribution in [0.3, 0.4) is 0 Å². The van der Waals surface area contributed by atoms with Gasteiger partial charge in [0.15, 0.2) is 5.82 Å². The highest BCUT2D eigenvalue weighted by Crippen LogP contribution is 2.22. The molecule has 0 amide bonds. The molecular formula is C15H12N6O2S. The minimum absolute atomic E-state index is 0.476. The molecule has 4 aromatic rings. The summed E-state index contributed by atoms with van der Waals surface area (Å²) in [4.78, 5) is 4.39. The zero-order valence-electron chi connectivity index (χ0n) is 12.4. The summed E-state index contributed by atoms with van der Waals surface area (Å²) in [6, 6.07) is 13.4. The molecule has 3 heterocycles. The molecule has 0 N–H and O–H groups in total. The summed E-state index contributed by atoms with van der Waals surface area (Å²) in [6.07, 6.45) is 1.62. The van der Waals surface area contributed by atoms with E-state index in [4.69, 9.17) is 8.94 Å². The average molecular weight is 340 g/mol. The van der Waals surface area contributed by atoms with Gasteiger partial charge < -0.3 is 8.94 Å². The van der Waals surface area contributed by atoms with Gasteiger partial charge in [-0.1, -0.05) is 35.1 Å². The number of furan rings is 1. The summed E-state index contributed by atoms with van der Waals surface area (Å²) in [7, 11) is 0. The standard InChI is InChI=1S/C15H12N6O2S/c1-2-5-11(6-3-1)14-16-13(18-23-14)10-24-15-17-19-20-21(15)9-12-7-4-8-22-12/h1-8H,9-10H2. The summed E-state index contributed by atoms with van der Waals surface area (Å²) < 4.78 is 12.3. The van der Waals surface area contributed by atoms with E-state index in [0.717, 1.165) is 11.3 Å². The van der Waals surface area contributed by atoms with Crippen LogP contribution in [0.5, 0.6) is 0 Å². The van der Waals surface area contributed by atoms with E-state index in [1.54, 1.807) is 10.9 Å². The summed E-state index contributed by atoms with van der Waals surface area (Å²) in [5.41, 5.74) is 0.893. The van der Waals surface area contributed by atoms with Gasteiger partial charge in [-0.2, -0.15) is 4.98 Å². The fourth-order valence-corrected chi connectivity index (χ4v) is 2.81. The van der Waals surface area contributed by atoms with Crippen LogP contribution in [0.25, 0.3) is 11.5 Å². The first kappa shape index (κ1) is 14.6. The van der Waals surface area contributed by atoms with E-state index in [1.807, 2.05) is 42.5 Å². The molecule has 0 bridgehead atoms. The smallest absolute Gasteiger partial charge is 0.257 e. The molecule has 0 unspecified atom stereocenters. The lowest BCUT2D eigenvalue weighted by Crippen LogP contribution is -2.03. The van der Waals surface area contributed by atoms with Crippen LogP contribution in [0.1, 0.15) is 11.6 Å². The van der Waals surface area contributed by atoms with Crippen LogP contribution in [0.2, 0.25) is 0 Å². The molecule has 0 aliphatic carbocycles. The summed E-state index contributed by atoms with van der Waals surface area (Å²) in [5.74, 6) is 2.39. The molecule has 0 atom stereocenters. The highest BCUT2D eigenvalue weighted by Gasteiger charge is 2.13. The third kappa shape index (κ3) is 3.20. The van der Waals surface area contributed by atoms with Crippen LogP contribution in [-0.2, 0) is 12.3 Å². The van der Waals surface area contributed by atoms with Gasteiger partial charge in [0.05, 0.1) is 12.0 Å². The molecule has 0 saturated carbocycles. The van der Waals surface area contributed by atoms with Gasteiger partial charge >= 0.3 is 0 Å². The van der Waals surface area contributed by atoms with Gasteiger partial charge in [-0.25, -0.2) is 4.68 Å². The molecule has 9 heteroatoms. The first-order chi connectivity index (χ1) is 11.9. The first-order valence-corrected chi connectivity index (χ1v) is 8.16. The highest BCUT2D eigenvalue weighted by atomic mass is 32.2. The molecule has 4 rings (SSSR count). The molecule has 24 heavy (non-hydrogen) atoms. The monoisotopic (exact) mass is 340 g/mol. The topological polar surface area (TPSA) is 95.7 Å². The van der Waals surface area contributed by atoms with Crippen LogP contribution in [0.4, 0.5) is 0 Å². The third-order valence-corrected chi connectivity index (χ3v) is 4.16. The van der Waals surface area contributed by atoms with E-state index >= 15 is 0 Å². The van der Waals surface area contributed by atoms with Crippen LogP contribution in [0.15, 0.2) is 62.8 Å². The van der Waals surface area contributed by atoms with Crippen molar-refractivity contribution in [2.45, 2.75) is 17.5 Å². The summed E-state index contributed by atoms with van der Waals surface area (Å²) >= 11 is 1.44. The van der Waals surface area contributed by atoms with Gasteiger partial charge in [0, 0.05) is 5.56 Å². The first-order valence-electron chi connectivity index (χ1n) is 7.18. The number of benzene rings is 1. The molecule has 1 aromatic carbocycles. The second-order valence-corrected chi connectivity index (χ2v) is 5.81. The molecule has 0 aliphatic heterocycles. The van der Waals surface area contributed by atoms with E-state index in [0.29, 0.717) is 29.2 Å².